The van der Waals surface area contributed by atoms with Crippen LogP contribution in [0.2, 0.25) is 0 Å². The molecule has 19 heavy (non-hydrogen) atoms. The molecule has 1 atom stereocenters. The molecule has 0 aromatic carbocycles. The number of unbranched alkanes of at least 4 members (excludes halogenated alkanes) is 3. The normalized spacial score (nSPS) is 13.8. The molecule has 0 spiro atoms. The highest BCUT2D eigenvalue weighted by Crippen LogP contribution is 2.36. The van der Waals surface area contributed by atoms with Crippen molar-refractivity contribution >= 4 is 13.7 Å². The molecule has 0 aliphatic rings. The number of nitrogens with one attached hydrogen (secondary N) is 2. The van der Waals surface area contributed by atoms with Gasteiger partial charge in [0.05, 0.1) is 6.61 Å². The maximum absolute atomic E-state index is 11.1. The van der Waals surface area contributed by atoms with Crippen LogP contribution in [-0.4, -0.2) is 51.0 Å². The highest BCUT2D eigenvalue weighted by molar-refractivity contribution is 7.51. The maximum Gasteiger partial charge on any atom is 0.407 e. The average molecular weight is 296 g/mol. The summed E-state index contributed by atoms with van der Waals surface area (Å²) in [5.74, 6) is 0. The number of likely N-dealkylation sites (N-methyl/N-ethyl adjacent to an activating group) is 1. The Labute approximate surface area is 114 Å². The summed E-state index contributed by atoms with van der Waals surface area (Å²) in [7, 11) is -1.54. The van der Waals surface area contributed by atoms with Gasteiger partial charge in [-0.1, -0.05) is 12.8 Å². The molecule has 0 radical (unpaired) electrons. The van der Waals surface area contributed by atoms with E-state index in [1.165, 1.54) is 6.66 Å². The number of alkyl carbamates (subject to hydrolysis) is 1. The van der Waals surface area contributed by atoms with Crippen molar-refractivity contribution in [3.05, 3.63) is 0 Å². The number of hydrogen-bond donors (Lipinski definition) is 3. The van der Waals surface area contributed by atoms with E-state index in [1.807, 2.05) is 0 Å². The molecule has 7 nitrogen and oxygen atoms in total. The van der Waals surface area contributed by atoms with E-state index in [0.29, 0.717) is 26.3 Å². The lowest BCUT2D eigenvalue weighted by molar-refractivity contribution is 0.147. The van der Waals surface area contributed by atoms with Gasteiger partial charge in [-0.05, 0) is 19.9 Å². The third kappa shape index (κ3) is 15.3. The predicted molar refractivity (Wildman–Crippen MR) is 73.4 cm³/mol. The molecule has 1 amide bonds. The van der Waals surface area contributed by atoms with E-state index < -0.39 is 13.7 Å². The molecule has 0 aromatic heterocycles. The van der Waals surface area contributed by atoms with Crippen molar-refractivity contribution in [1.29, 1.82) is 0 Å². The number of carbonyl (C=O) groups is 1. The fourth-order valence-corrected chi connectivity index (χ4v) is 1.77. The Kier molecular flexibility index (Phi) is 10.9. The fourth-order valence-electron chi connectivity index (χ4n) is 1.30. The monoisotopic (exact) mass is 296 g/mol. The van der Waals surface area contributed by atoms with Gasteiger partial charge >= 0.3 is 13.7 Å². The first-order chi connectivity index (χ1) is 8.95. The summed E-state index contributed by atoms with van der Waals surface area (Å²) in [4.78, 5) is 20.0. The molecule has 1 unspecified atom stereocenters. The van der Waals surface area contributed by atoms with Crippen LogP contribution in [0.4, 0.5) is 4.79 Å². The van der Waals surface area contributed by atoms with Crippen molar-refractivity contribution in [3.8, 4) is 0 Å². The van der Waals surface area contributed by atoms with E-state index in [9.17, 15) is 9.36 Å². The molecule has 0 rings (SSSR count). The number of ether oxygens (including phenoxy) is 1. The Morgan fingerprint density at radius 3 is 2.47 bits per heavy atom. The van der Waals surface area contributed by atoms with Crippen molar-refractivity contribution in [1.82, 2.24) is 10.6 Å². The zero-order valence-corrected chi connectivity index (χ0v) is 12.6. The second kappa shape index (κ2) is 11.2. The van der Waals surface area contributed by atoms with E-state index in [0.717, 1.165) is 25.7 Å². The van der Waals surface area contributed by atoms with Crippen LogP contribution >= 0.6 is 7.60 Å². The summed E-state index contributed by atoms with van der Waals surface area (Å²) in [5.41, 5.74) is 0. The maximum atomic E-state index is 11.1. The first-order valence-electron chi connectivity index (χ1n) is 6.46. The van der Waals surface area contributed by atoms with Gasteiger partial charge in [0.2, 0.25) is 0 Å². The predicted octanol–water partition coefficient (Wildman–Crippen LogP) is 1.32. The van der Waals surface area contributed by atoms with Crippen molar-refractivity contribution in [2.45, 2.75) is 25.7 Å². The van der Waals surface area contributed by atoms with Gasteiger partial charge in [-0.25, -0.2) is 4.79 Å². The number of amides is 1. The molecular formula is C11H25N2O5P. The van der Waals surface area contributed by atoms with Crippen molar-refractivity contribution in [2.24, 2.45) is 0 Å². The lowest BCUT2D eigenvalue weighted by Gasteiger charge is -2.07. The molecule has 0 saturated carbocycles. The fraction of sp³-hybridized carbons (Fsp3) is 0.909. The highest BCUT2D eigenvalue weighted by Gasteiger charge is 2.08. The molecule has 0 fully saturated rings. The van der Waals surface area contributed by atoms with Crippen molar-refractivity contribution < 1.29 is 23.5 Å². The van der Waals surface area contributed by atoms with Gasteiger partial charge < -0.3 is 24.8 Å². The van der Waals surface area contributed by atoms with Gasteiger partial charge in [-0.3, -0.25) is 4.57 Å². The SMILES string of the molecule is CNCCOC(=O)NCCCCCCOP(C)(=O)O. The van der Waals surface area contributed by atoms with E-state index in [2.05, 4.69) is 10.6 Å². The standard InChI is InChI=1S/C11H25N2O5P/c1-12-8-10-17-11(14)13-7-5-3-4-6-9-18-19(2,15)16/h12H,3-10H2,1-2H3,(H,13,14)(H,15,16). The molecule has 8 heteroatoms. The van der Waals surface area contributed by atoms with Gasteiger partial charge in [-0.2, -0.15) is 0 Å². The van der Waals surface area contributed by atoms with Crippen molar-refractivity contribution in [2.75, 3.05) is 40.0 Å². The number of hydrogen-bond acceptors (Lipinski definition) is 5. The Morgan fingerprint density at radius 2 is 1.84 bits per heavy atom. The summed E-state index contributed by atoms with van der Waals surface area (Å²) < 4.78 is 20.4. The Balaban J connectivity index is 3.22. The number of rotatable bonds is 11. The van der Waals surface area contributed by atoms with Gasteiger partial charge in [0.15, 0.2) is 0 Å². The molecule has 114 valence electrons. The van der Waals surface area contributed by atoms with E-state index in [1.54, 1.807) is 7.05 Å². The van der Waals surface area contributed by atoms with Crippen LogP contribution in [0.15, 0.2) is 0 Å². The third-order valence-corrected chi connectivity index (χ3v) is 2.92. The zero-order chi connectivity index (χ0) is 14.6. The van der Waals surface area contributed by atoms with E-state index in [4.69, 9.17) is 14.2 Å². The van der Waals surface area contributed by atoms with Crippen LogP contribution in [0.25, 0.3) is 0 Å². The van der Waals surface area contributed by atoms with Crippen LogP contribution in [-0.2, 0) is 13.8 Å². The molecule has 0 heterocycles. The van der Waals surface area contributed by atoms with Gasteiger partial charge in [-0.15, -0.1) is 0 Å². The van der Waals surface area contributed by atoms with Crippen LogP contribution in [0.5, 0.6) is 0 Å². The molecule has 0 aromatic rings. The Bertz CT molecular complexity index is 282. The van der Waals surface area contributed by atoms with Crippen molar-refractivity contribution in [3.63, 3.8) is 0 Å². The molecule has 0 saturated heterocycles. The molecule has 0 aliphatic carbocycles. The first kappa shape index (κ1) is 18.4. The lowest BCUT2D eigenvalue weighted by atomic mass is 10.2. The Hall–Kier alpha value is -0.620. The summed E-state index contributed by atoms with van der Waals surface area (Å²) in [6, 6.07) is 0. The Morgan fingerprint density at radius 1 is 1.16 bits per heavy atom. The quantitative estimate of drug-likeness (QED) is 0.393. The summed E-state index contributed by atoms with van der Waals surface area (Å²) in [6.07, 6.45) is 3.02. The minimum absolute atomic E-state index is 0.295. The van der Waals surface area contributed by atoms with Crippen LogP contribution in [0.1, 0.15) is 25.7 Å². The van der Waals surface area contributed by atoms with Gasteiger partial charge in [0.25, 0.3) is 0 Å². The van der Waals surface area contributed by atoms with E-state index >= 15 is 0 Å². The summed E-state index contributed by atoms with van der Waals surface area (Å²) in [6.45, 7) is 3.04. The molecule has 3 N–H and O–H groups in total. The second-order valence-corrected chi connectivity index (χ2v) is 6.08. The summed E-state index contributed by atoms with van der Waals surface area (Å²) >= 11 is 0. The van der Waals surface area contributed by atoms with Crippen LogP contribution < -0.4 is 10.6 Å². The largest absolute Gasteiger partial charge is 0.448 e. The molecule has 0 bridgehead atoms. The minimum atomic E-state index is -3.33. The lowest BCUT2D eigenvalue weighted by Crippen LogP contribution is -2.27. The second-order valence-electron chi connectivity index (χ2n) is 4.22. The highest BCUT2D eigenvalue weighted by atomic mass is 31.2. The molecule has 0 aliphatic heterocycles. The smallest absolute Gasteiger partial charge is 0.407 e. The number of carbonyl (C=O) groups excluding carboxylic acids is 1. The zero-order valence-electron chi connectivity index (χ0n) is 11.7. The molecular weight excluding hydrogens is 271 g/mol. The van der Waals surface area contributed by atoms with Crippen LogP contribution in [0, 0.1) is 0 Å². The van der Waals surface area contributed by atoms with Crippen LogP contribution in [0.3, 0.4) is 0 Å². The third-order valence-electron chi connectivity index (χ3n) is 2.26. The first-order valence-corrected chi connectivity index (χ1v) is 8.48. The average Bonchev–Trinajstić information content (AvgIpc) is 2.31. The minimum Gasteiger partial charge on any atom is -0.448 e. The van der Waals surface area contributed by atoms with Gasteiger partial charge in [0.1, 0.15) is 6.61 Å². The van der Waals surface area contributed by atoms with E-state index in [-0.39, 0.29) is 0 Å². The van der Waals surface area contributed by atoms with Gasteiger partial charge in [0, 0.05) is 19.8 Å². The summed E-state index contributed by atoms with van der Waals surface area (Å²) in [5, 5.41) is 5.53. The topological polar surface area (TPSA) is 96.9 Å².